The lowest BCUT2D eigenvalue weighted by Gasteiger charge is -2.41. The second-order valence-corrected chi connectivity index (χ2v) is 11.3. The Labute approximate surface area is 217 Å². The maximum absolute atomic E-state index is 12.5. The summed E-state index contributed by atoms with van der Waals surface area (Å²) in [4.78, 5) is 20.1. The molecule has 0 saturated heterocycles. The van der Waals surface area contributed by atoms with Crippen molar-refractivity contribution >= 4 is 28.8 Å². The van der Waals surface area contributed by atoms with Crippen LogP contribution in [0.1, 0.15) is 67.9 Å². The largest absolute Gasteiger partial charge is 0.335 e. The molecule has 9 heteroatoms. The number of nitrogens with zero attached hydrogens (tertiary/aromatic N) is 6. The van der Waals surface area contributed by atoms with Crippen molar-refractivity contribution in [3.05, 3.63) is 59.2 Å². The number of aromatic amines is 1. The normalized spacial score (nSPS) is 18.2. The number of H-pyrrole nitrogens is 1. The second kappa shape index (κ2) is 9.95. The van der Waals surface area contributed by atoms with Gasteiger partial charge in [0, 0.05) is 25.2 Å². The highest BCUT2D eigenvalue weighted by Gasteiger charge is 2.33. The van der Waals surface area contributed by atoms with Gasteiger partial charge in [-0.05, 0) is 84.5 Å². The molecule has 0 radical (unpaired) electrons. The van der Waals surface area contributed by atoms with Crippen molar-refractivity contribution in [2.45, 2.75) is 66.0 Å². The number of carbonyl (C=O) groups is 1. The minimum atomic E-state index is -0.268. The number of tetrazole rings is 1. The molecule has 0 aliphatic heterocycles. The molecular weight excluding hydrogens is 464 g/mol. The van der Waals surface area contributed by atoms with E-state index in [0.717, 1.165) is 47.8 Å². The lowest BCUT2D eigenvalue weighted by Crippen LogP contribution is -2.41. The lowest BCUT2D eigenvalue weighted by atomic mass is 9.71. The van der Waals surface area contributed by atoms with Gasteiger partial charge in [-0.25, -0.2) is 4.98 Å². The Morgan fingerprint density at radius 3 is 2.49 bits per heavy atom. The maximum Gasteiger partial charge on any atom is 0.270 e. The third kappa shape index (κ3) is 5.35. The zero-order valence-electron chi connectivity index (χ0n) is 22.3. The zero-order chi connectivity index (χ0) is 26.2. The van der Waals surface area contributed by atoms with Gasteiger partial charge in [-0.3, -0.25) is 10.1 Å². The fourth-order valence-corrected chi connectivity index (χ4v) is 5.52. The van der Waals surface area contributed by atoms with Crippen LogP contribution in [-0.2, 0) is 13.6 Å². The van der Waals surface area contributed by atoms with Crippen molar-refractivity contribution in [2.75, 3.05) is 10.2 Å². The van der Waals surface area contributed by atoms with E-state index in [1.165, 1.54) is 18.4 Å². The van der Waals surface area contributed by atoms with Crippen LogP contribution in [-0.4, -0.2) is 42.1 Å². The molecule has 0 unspecified atom stereocenters. The molecule has 1 fully saturated rings. The van der Waals surface area contributed by atoms with Gasteiger partial charge in [-0.2, -0.15) is 5.21 Å². The van der Waals surface area contributed by atoms with Crippen molar-refractivity contribution in [2.24, 2.45) is 18.4 Å². The number of hydrogen-bond donors (Lipinski definition) is 2. The first-order chi connectivity index (χ1) is 17.7. The van der Waals surface area contributed by atoms with Crippen molar-refractivity contribution in [3.8, 4) is 0 Å². The van der Waals surface area contributed by atoms with Crippen LogP contribution in [0.3, 0.4) is 0 Å². The van der Waals surface area contributed by atoms with Crippen LogP contribution < -0.4 is 10.2 Å². The predicted molar refractivity (Wildman–Crippen MR) is 145 cm³/mol. The molecular formula is C28H36N8O. The van der Waals surface area contributed by atoms with Gasteiger partial charge in [0.25, 0.3) is 11.9 Å². The van der Waals surface area contributed by atoms with E-state index in [1.807, 2.05) is 24.3 Å². The first-order valence-corrected chi connectivity index (χ1v) is 13.0. The molecule has 1 aliphatic carbocycles. The van der Waals surface area contributed by atoms with Crippen LogP contribution in [0.15, 0.2) is 42.5 Å². The molecule has 37 heavy (non-hydrogen) atoms. The molecule has 1 aliphatic rings. The minimum absolute atomic E-state index is 0.156. The van der Waals surface area contributed by atoms with E-state index in [-0.39, 0.29) is 11.9 Å². The van der Waals surface area contributed by atoms with E-state index in [0.29, 0.717) is 17.0 Å². The Balaban J connectivity index is 1.40. The van der Waals surface area contributed by atoms with Crippen molar-refractivity contribution in [1.29, 1.82) is 0 Å². The quantitative estimate of drug-likeness (QED) is 0.374. The fraction of sp³-hybridized carbons (Fsp3) is 0.464. The number of carbonyl (C=O) groups excluding carboxylic acids is 1. The molecule has 2 aromatic heterocycles. The SMILES string of the molecule is Cc1ccc2c(c1)nc(N(Cc1ccc(C(=O)Nc3nn[nH]n3)cc1)C1CCC(C(C)(C)C)CC1)n2C. The van der Waals surface area contributed by atoms with Crippen LogP contribution >= 0.6 is 0 Å². The number of aryl methyl sites for hydroxylation is 2. The highest BCUT2D eigenvalue weighted by molar-refractivity contribution is 6.03. The first kappa shape index (κ1) is 24.9. The van der Waals surface area contributed by atoms with Crippen LogP contribution in [0, 0.1) is 18.3 Å². The summed E-state index contributed by atoms with van der Waals surface area (Å²) in [6, 6.07) is 14.6. The topological polar surface area (TPSA) is 105 Å². The molecule has 1 amide bonds. The predicted octanol–water partition coefficient (Wildman–Crippen LogP) is 5.26. The molecule has 0 bridgehead atoms. The molecule has 5 rings (SSSR count). The van der Waals surface area contributed by atoms with E-state index in [2.05, 4.69) is 88.3 Å². The van der Waals surface area contributed by atoms with Gasteiger partial charge in [0.15, 0.2) is 0 Å². The van der Waals surface area contributed by atoms with Gasteiger partial charge in [-0.1, -0.05) is 44.1 Å². The standard InChI is InChI=1S/C28H36N8O/c1-18-6-15-24-23(16-18)29-27(35(24)5)36(22-13-11-21(12-14-22)28(2,3)4)17-19-7-9-20(10-8-19)25(37)30-26-31-33-34-32-26/h6-10,15-16,21-22H,11-14,17H2,1-5H3,(H2,30,31,32,33,34,37). The molecule has 1 saturated carbocycles. The number of amides is 1. The van der Waals surface area contributed by atoms with E-state index < -0.39 is 0 Å². The van der Waals surface area contributed by atoms with Crippen LogP contribution in [0.5, 0.6) is 0 Å². The number of anilines is 2. The Kier molecular flexibility index (Phi) is 6.70. The molecule has 0 atom stereocenters. The Morgan fingerprint density at radius 1 is 1.11 bits per heavy atom. The smallest absolute Gasteiger partial charge is 0.270 e. The maximum atomic E-state index is 12.5. The summed E-state index contributed by atoms with van der Waals surface area (Å²) in [5, 5.41) is 16.0. The van der Waals surface area contributed by atoms with Crippen molar-refractivity contribution < 1.29 is 4.79 Å². The average Bonchev–Trinajstić information content (AvgIpc) is 3.50. The number of hydrogen-bond acceptors (Lipinski definition) is 6. The Bertz CT molecular complexity index is 1360. The highest BCUT2D eigenvalue weighted by atomic mass is 16.1. The molecule has 2 aromatic carbocycles. The third-order valence-corrected chi connectivity index (χ3v) is 7.77. The number of nitrogens with one attached hydrogen (secondary N) is 2. The van der Waals surface area contributed by atoms with E-state index in [1.54, 1.807) is 0 Å². The molecule has 4 aromatic rings. The minimum Gasteiger partial charge on any atom is -0.335 e. The molecule has 2 heterocycles. The van der Waals surface area contributed by atoms with Crippen LogP contribution in [0.2, 0.25) is 0 Å². The van der Waals surface area contributed by atoms with Gasteiger partial charge in [0.05, 0.1) is 11.0 Å². The summed E-state index contributed by atoms with van der Waals surface area (Å²) in [7, 11) is 2.11. The van der Waals surface area contributed by atoms with E-state index >= 15 is 0 Å². The summed E-state index contributed by atoms with van der Waals surface area (Å²) >= 11 is 0. The monoisotopic (exact) mass is 500 g/mol. The fourth-order valence-electron chi connectivity index (χ4n) is 5.52. The first-order valence-electron chi connectivity index (χ1n) is 13.0. The van der Waals surface area contributed by atoms with Crippen LogP contribution in [0.25, 0.3) is 11.0 Å². The van der Waals surface area contributed by atoms with Crippen molar-refractivity contribution in [1.82, 2.24) is 30.2 Å². The summed E-state index contributed by atoms with van der Waals surface area (Å²) < 4.78 is 2.22. The molecule has 2 N–H and O–H groups in total. The number of fused-ring (bicyclic) bond motifs is 1. The lowest BCUT2D eigenvalue weighted by molar-refractivity contribution is 0.102. The number of imidazole rings is 1. The Morgan fingerprint density at radius 2 is 1.84 bits per heavy atom. The summed E-state index contributed by atoms with van der Waals surface area (Å²) in [5.41, 5.74) is 5.40. The molecule has 194 valence electrons. The van der Waals surface area contributed by atoms with Gasteiger partial charge >= 0.3 is 0 Å². The number of aromatic nitrogens is 6. The highest BCUT2D eigenvalue weighted by Crippen LogP contribution is 2.40. The van der Waals surface area contributed by atoms with Gasteiger partial charge < -0.3 is 9.47 Å². The summed E-state index contributed by atoms with van der Waals surface area (Å²) in [6.45, 7) is 9.92. The zero-order valence-corrected chi connectivity index (χ0v) is 22.3. The van der Waals surface area contributed by atoms with Gasteiger partial charge in [-0.15, -0.1) is 5.10 Å². The summed E-state index contributed by atoms with van der Waals surface area (Å²) in [6.07, 6.45) is 4.75. The number of rotatable bonds is 6. The van der Waals surface area contributed by atoms with E-state index in [4.69, 9.17) is 4.98 Å². The average molecular weight is 501 g/mol. The Hall–Kier alpha value is -3.75. The van der Waals surface area contributed by atoms with Crippen LogP contribution in [0.4, 0.5) is 11.9 Å². The molecule has 0 spiro atoms. The second-order valence-electron chi connectivity index (χ2n) is 11.3. The van der Waals surface area contributed by atoms with Gasteiger partial charge in [0.2, 0.25) is 5.95 Å². The summed E-state index contributed by atoms with van der Waals surface area (Å²) in [5.74, 6) is 1.63. The molecule has 9 nitrogen and oxygen atoms in total. The number of benzene rings is 2. The van der Waals surface area contributed by atoms with E-state index in [9.17, 15) is 4.79 Å². The van der Waals surface area contributed by atoms with Gasteiger partial charge in [0.1, 0.15) is 0 Å². The van der Waals surface area contributed by atoms with Crippen molar-refractivity contribution in [3.63, 3.8) is 0 Å². The third-order valence-electron chi connectivity index (χ3n) is 7.77.